The minimum absolute atomic E-state index is 0.0665. The van der Waals surface area contributed by atoms with Crippen molar-refractivity contribution in [1.82, 2.24) is 10.2 Å². The van der Waals surface area contributed by atoms with Crippen molar-refractivity contribution in [2.75, 3.05) is 26.2 Å². The second-order valence-corrected chi connectivity index (χ2v) is 8.29. The molecule has 5 nitrogen and oxygen atoms in total. The van der Waals surface area contributed by atoms with Crippen LogP contribution in [0.1, 0.15) is 47.0 Å². The highest BCUT2D eigenvalue weighted by atomic mass is 32.1. The molecule has 3 N–H and O–H groups in total. The molecule has 0 bridgehead atoms. The fourth-order valence-electron chi connectivity index (χ4n) is 2.78. The monoisotopic (exact) mass is 331 g/mol. The predicted molar refractivity (Wildman–Crippen MR) is 94.4 cm³/mol. The van der Waals surface area contributed by atoms with Gasteiger partial charge in [-0.2, -0.15) is 12.6 Å². The van der Waals surface area contributed by atoms with E-state index < -0.39 is 5.60 Å². The van der Waals surface area contributed by atoms with Crippen molar-refractivity contribution in [2.45, 2.75) is 63.9 Å². The van der Waals surface area contributed by atoms with Crippen LogP contribution in [-0.4, -0.2) is 54.1 Å². The van der Waals surface area contributed by atoms with E-state index in [1.54, 1.807) is 0 Å². The molecule has 1 aliphatic heterocycles. The summed E-state index contributed by atoms with van der Waals surface area (Å²) in [7, 11) is 0. The van der Waals surface area contributed by atoms with E-state index in [2.05, 4.69) is 22.8 Å². The molecule has 1 saturated heterocycles. The third kappa shape index (κ3) is 8.25. The summed E-state index contributed by atoms with van der Waals surface area (Å²) in [5, 5.41) is 3.24. The van der Waals surface area contributed by atoms with Gasteiger partial charge in [0, 0.05) is 17.8 Å². The van der Waals surface area contributed by atoms with Crippen LogP contribution in [0.15, 0.2) is 0 Å². The van der Waals surface area contributed by atoms with Crippen LogP contribution in [0.5, 0.6) is 0 Å². The molecule has 1 amide bonds. The Morgan fingerprint density at radius 1 is 1.41 bits per heavy atom. The fraction of sp³-hybridized carbons (Fsp3) is 0.938. The molecule has 2 unspecified atom stereocenters. The molecular weight excluding hydrogens is 298 g/mol. The number of thiol groups is 1. The molecule has 0 aromatic rings. The van der Waals surface area contributed by atoms with Crippen LogP contribution in [0.3, 0.4) is 0 Å². The number of alkyl carbamates (subject to hydrolysis) is 1. The third-order valence-corrected chi connectivity index (χ3v) is 4.08. The van der Waals surface area contributed by atoms with Gasteiger partial charge in [0.1, 0.15) is 5.60 Å². The van der Waals surface area contributed by atoms with Crippen molar-refractivity contribution < 1.29 is 9.53 Å². The van der Waals surface area contributed by atoms with Gasteiger partial charge in [0.05, 0.1) is 0 Å². The first-order chi connectivity index (χ1) is 10.2. The maximum atomic E-state index is 12.0. The summed E-state index contributed by atoms with van der Waals surface area (Å²) < 4.78 is 5.36. The predicted octanol–water partition coefficient (Wildman–Crippen LogP) is 2.26. The Kier molecular flexibility index (Phi) is 8.00. The summed E-state index contributed by atoms with van der Waals surface area (Å²) in [6, 6.07) is 0.0665. The highest BCUT2D eigenvalue weighted by Crippen LogP contribution is 2.17. The summed E-state index contributed by atoms with van der Waals surface area (Å²) in [5.74, 6) is 0.650. The highest BCUT2D eigenvalue weighted by Gasteiger charge is 2.24. The van der Waals surface area contributed by atoms with Gasteiger partial charge < -0.3 is 20.7 Å². The maximum Gasteiger partial charge on any atom is 0.407 e. The van der Waals surface area contributed by atoms with E-state index in [1.807, 2.05) is 27.7 Å². The highest BCUT2D eigenvalue weighted by molar-refractivity contribution is 7.80. The number of nitrogens with one attached hydrogen (secondary N) is 1. The zero-order valence-corrected chi connectivity index (χ0v) is 15.4. The molecule has 130 valence electrons. The Bertz CT molecular complexity index is 337. The molecule has 2 atom stereocenters. The molecule has 0 saturated carbocycles. The quantitative estimate of drug-likeness (QED) is 0.653. The zero-order valence-electron chi connectivity index (χ0n) is 14.5. The second kappa shape index (κ2) is 8.99. The van der Waals surface area contributed by atoms with Gasteiger partial charge in [-0.25, -0.2) is 4.79 Å². The van der Waals surface area contributed by atoms with Crippen molar-refractivity contribution in [2.24, 2.45) is 11.7 Å². The van der Waals surface area contributed by atoms with Crippen molar-refractivity contribution in [3.8, 4) is 0 Å². The van der Waals surface area contributed by atoms with Gasteiger partial charge in [-0.3, -0.25) is 0 Å². The lowest BCUT2D eigenvalue weighted by atomic mass is 9.96. The van der Waals surface area contributed by atoms with Gasteiger partial charge >= 0.3 is 6.09 Å². The van der Waals surface area contributed by atoms with E-state index >= 15 is 0 Å². The number of hydrogen-bond acceptors (Lipinski definition) is 5. The number of hydrogen-bond donors (Lipinski definition) is 3. The van der Waals surface area contributed by atoms with E-state index in [0.29, 0.717) is 5.92 Å². The van der Waals surface area contributed by atoms with Crippen molar-refractivity contribution in [1.29, 1.82) is 0 Å². The van der Waals surface area contributed by atoms with E-state index in [0.717, 1.165) is 45.4 Å². The second-order valence-electron chi connectivity index (χ2n) is 7.41. The third-order valence-electron chi connectivity index (χ3n) is 3.87. The molecular formula is C16H33N3O2S. The van der Waals surface area contributed by atoms with Gasteiger partial charge in [0.15, 0.2) is 0 Å². The van der Waals surface area contributed by atoms with Gasteiger partial charge in [-0.1, -0.05) is 6.92 Å². The summed E-state index contributed by atoms with van der Waals surface area (Å²) in [4.78, 5) is 14.4. The number of amides is 1. The van der Waals surface area contributed by atoms with Crippen molar-refractivity contribution in [3.63, 3.8) is 0 Å². The average molecular weight is 332 g/mol. The number of carbonyl (C=O) groups is 1. The number of rotatable bonds is 6. The lowest BCUT2D eigenvalue weighted by molar-refractivity contribution is 0.0482. The van der Waals surface area contributed by atoms with Crippen molar-refractivity contribution >= 4 is 18.7 Å². The number of nitrogens with zero attached hydrogens (tertiary/aromatic N) is 1. The first kappa shape index (κ1) is 19.6. The maximum absolute atomic E-state index is 12.0. The Balaban J connectivity index is 2.48. The summed E-state index contributed by atoms with van der Waals surface area (Å²) >= 11 is 4.47. The van der Waals surface area contributed by atoms with Gasteiger partial charge in [-0.05, 0) is 65.6 Å². The Morgan fingerprint density at radius 2 is 2.00 bits per heavy atom. The minimum Gasteiger partial charge on any atom is -0.444 e. The molecule has 0 aromatic carbocycles. The van der Waals surface area contributed by atoms with Crippen molar-refractivity contribution in [3.05, 3.63) is 0 Å². The molecule has 0 spiro atoms. The van der Waals surface area contributed by atoms with E-state index in [4.69, 9.17) is 10.5 Å². The standard InChI is InChI=1S/C16H33N3O2S/c1-12(22)9-14(18-15(20)21-16(2,3)4)11-19-7-5-13(10-17)6-8-19/h12-14,22H,5-11,17H2,1-4H3,(H,18,20). The molecule has 0 aromatic heterocycles. The van der Waals surface area contributed by atoms with Crippen LogP contribution < -0.4 is 11.1 Å². The van der Waals surface area contributed by atoms with Crippen LogP contribution in [0.2, 0.25) is 0 Å². The topological polar surface area (TPSA) is 67.6 Å². The molecule has 0 radical (unpaired) electrons. The normalized spacial score (nSPS) is 20.5. The molecule has 1 rings (SSSR count). The first-order valence-corrected chi connectivity index (χ1v) is 8.81. The molecule has 0 aliphatic carbocycles. The number of carbonyl (C=O) groups excluding carboxylic acids is 1. The first-order valence-electron chi connectivity index (χ1n) is 8.29. The number of piperidine rings is 1. The SMILES string of the molecule is CC(S)CC(CN1CCC(CN)CC1)NC(=O)OC(C)(C)C. The number of likely N-dealkylation sites (tertiary alicyclic amines) is 1. The van der Waals surface area contributed by atoms with Crippen LogP contribution in [0.25, 0.3) is 0 Å². The van der Waals surface area contributed by atoms with E-state index in [9.17, 15) is 4.79 Å². The van der Waals surface area contributed by atoms with Gasteiger partial charge in [0.2, 0.25) is 0 Å². The summed E-state index contributed by atoms with van der Waals surface area (Å²) in [6.45, 7) is 11.4. The molecule has 1 fully saturated rings. The molecule has 22 heavy (non-hydrogen) atoms. The molecule has 6 heteroatoms. The lowest BCUT2D eigenvalue weighted by Crippen LogP contribution is -2.48. The van der Waals surface area contributed by atoms with Gasteiger partial charge in [-0.15, -0.1) is 0 Å². The Morgan fingerprint density at radius 3 is 2.45 bits per heavy atom. The van der Waals surface area contributed by atoms with Crippen LogP contribution in [0.4, 0.5) is 4.79 Å². The summed E-state index contributed by atoms with van der Waals surface area (Å²) in [6.07, 6.45) is 2.78. The van der Waals surface area contributed by atoms with Crippen LogP contribution >= 0.6 is 12.6 Å². The van der Waals surface area contributed by atoms with E-state index in [-0.39, 0.29) is 17.4 Å². The number of nitrogens with two attached hydrogens (primary N) is 1. The largest absolute Gasteiger partial charge is 0.444 e. The molecule has 1 aliphatic rings. The van der Waals surface area contributed by atoms with E-state index in [1.165, 1.54) is 0 Å². The van der Waals surface area contributed by atoms with Gasteiger partial charge in [0.25, 0.3) is 0 Å². The lowest BCUT2D eigenvalue weighted by Gasteiger charge is -2.34. The summed E-state index contributed by atoms with van der Waals surface area (Å²) in [5.41, 5.74) is 5.27. The smallest absolute Gasteiger partial charge is 0.407 e. The number of ether oxygens (including phenoxy) is 1. The Hall–Kier alpha value is -0.460. The fourth-order valence-corrected chi connectivity index (χ4v) is 3.04. The van der Waals surface area contributed by atoms with Crippen LogP contribution in [-0.2, 0) is 4.74 Å². The minimum atomic E-state index is -0.472. The average Bonchev–Trinajstić information content (AvgIpc) is 2.36. The zero-order chi connectivity index (χ0) is 16.8. The Labute approximate surface area is 140 Å². The molecule has 1 heterocycles. The van der Waals surface area contributed by atoms with Crippen LogP contribution in [0, 0.1) is 5.92 Å².